The first-order chi connectivity index (χ1) is 11.5. The average molecular weight is 330 g/mol. The zero-order valence-corrected chi connectivity index (χ0v) is 14.7. The first-order valence-electron chi connectivity index (χ1n) is 8.93. The Bertz CT molecular complexity index is 674. The lowest BCUT2D eigenvalue weighted by Gasteiger charge is -2.27. The Balaban J connectivity index is 1.77. The van der Waals surface area contributed by atoms with Gasteiger partial charge in [-0.1, -0.05) is 13.0 Å². The van der Waals surface area contributed by atoms with E-state index in [0.29, 0.717) is 13.0 Å². The molecule has 5 nitrogen and oxygen atoms in total. The number of hydrogen-bond acceptors (Lipinski definition) is 4. The predicted molar refractivity (Wildman–Crippen MR) is 91.3 cm³/mol. The van der Waals surface area contributed by atoms with Crippen molar-refractivity contribution in [2.75, 3.05) is 6.61 Å². The van der Waals surface area contributed by atoms with Crippen molar-refractivity contribution in [3.05, 3.63) is 23.0 Å². The minimum Gasteiger partial charge on any atom is -0.466 e. The van der Waals surface area contributed by atoms with Crippen LogP contribution in [-0.4, -0.2) is 28.6 Å². The summed E-state index contributed by atoms with van der Waals surface area (Å²) in [5.41, 5.74) is 4.64. The molecule has 0 radical (unpaired) electrons. The maximum Gasteiger partial charge on any atom is 0.309 e. The number of nitrogens with zero attached hydrogens (tertiary/aromatic N) is 1. The van der Waals surface area contributed by atoms with Crippen molar-refractivity contribution in [3.8, 4) is 0 Å². The molecule has 0 fully saturated rings. The number of allylic oxidation sites excluding steroid dienone is 2. The fraction of sp³-hybridized carbons (Fsp3) is 0.632. The molecule has 1 heterocycles. The minimum absolute atomic E-state index is 0.0504. The summed E-state index contributed by atoms with van der Waals surface area (Å²) in [6.45, 7) is 6.06. The Morgan fingerprint density at radius 2 is 2.17 bits per heavy atom. The third kappa shape index (κ3) is 3.17. The predicted octanol–water partition coefficient (Wildman–Crippen LogP) is 3.10. The van der Waals surface area contributed by atoms with Gasteiger partial charge in [0.25, 0.3) is 0 Å². The number of nitrogens with one attached hydrogen (secondary N) is 1. The standard InChI is InChI=1S/C19H26N2O3/c1-4-24-19(23)15-7-6-14(9-11(15)2)18-16-8-5-13(12(3)22)10-17(16)20-21-18/h6,11,13,15H,4-5,7-10H2,1-3H3,(H,20,21)/t11-,13?,15+/m0/s1. The summed E-state index contributed by atoms with van der Waals surface area (Å²) in [4.78, 5) is 23.7. The van der Waals surface area contributed by atoms with Crippen LogP contribution in [0.1, 0.15) is 57.0 Å². The SMILES string of the molecule is CCOC(=O)[C@@H]1CC=C(c2n[nH]c3c2CCC(C(C)=O)C3)C[C@@H]1C. The second kappa shape index (κ2) is 6.91. The quantitative estimate of drug-likeness (QED) is 0.861. The molecular formula is C19H26N2O3. The van der Waals surface area contributed by atoms with E-state index in [1.807, 2.05) is 6.92 Å². The smallest absolute Gasteiger partial charge is 0.309 e. The molecule has 1 aromatic rings. The molecule has 0 spiro atoms. The van der Waals surface area contributed by atoms with Gasteiger partial charge in [0.05, 0.1) is 18.2 Å². The van der Waals surface area contributed by atoms with Gasteiger partial charge < -0.3 is 4.74 Å². The molecule has 2 aliphatic rings. The molecule has 0 saturated heterocycles. The number of aromatic amines is 1. The van der Waals surface area contributed by atoms with Crippen LogP contribution >= 0.6 is 0 Å². The monoisotopic (exact) mass is 330 g/mol. The second-order valence-corrected chi connectivity index (χ2v) is 7.08. The van der Waals surface area contributed by atoms with E-state index >= 15 is 0 Å². The van der Waals surface area contributed by atoms with Crippen LogP contribution in [-0.2, 0) is 27.2 Å². The molecule has 1 N–H and O–H groups in total. The molecule has 0 bridgehead atoms. The van der Waals surface area contributed by atoms with Crippen molar-refractivity contribution in [1.82, 2.24) is 10.2 Å². The van der Waals surface area contributed by atoms with Crippen LogP contribution < -0.4 is 0 Å². The van der Waals surface area contributed by atoms with E-state index in [1.165, 1.54) is 11.1 Å². The third-order valence-electron chi connectivity index (χ3n) is 5.46. The molecule has 1 aromatic heterocycles. The summed E-state index contributed by atoms with van der Waals surface area (Å²) in [5.74, 6) is 0.502. The average Bonchev–Trinajstić information content (AvgIpc) is 2.97. The lowest BCUT2D eigenvalue weighted by atomic mass is 9.78. The summed E-state index contributed by atoms with van der Waals surface area (Å²) in [6, 6.07) is 0. The summed E-state index contributed by atoms with van der Waals surface area (Å²) in [5, 5.41) is 7.68. The lowest BCUT2D eigenvalue weighted by molar-refractivity contribution is -0.149. The van der Waals surface area contributed by atoms with E-state index in [1.54, 1.807) is 6.92 Å². The van der Waals surface area contributed by atoms with Crippen LogP contribution in [0.5, 0.6) is 0 Å². The normalized spacial score (nSPS) is 26.5. The zero-order valence-electron chi connectivity index (χ0n) is 14.7. The Kier molecular flexibility index (Phi) is 4.88. The molecule has 3 rings (SSSR count). The summed E-state index contributed by atoms with van der Waals surface area (Å²) >= 11 is 0. The van der Waals surface area contributed by atoms with Gasteiger partial charge in [-0.2, -0.15) is 5.10 Å². The van der Waals surface area contributed by atoms with Crippen molar-refractivity contribution >= 4 is 17.3 Å². The van der Waals surface area contributed by atoms with Gasteiger partial charge in [-0.25, -0.2) is 0 Å². The van der Waals surface area contributed by atoms with Gasteiger partial charge in [0, 0.05) is 17.2 Å². The third-order valence-corrected chi connectivity index (χ3v) is 5.46. The largest absolute Gasteiger partial charge is 0.466 e. The van der Waals surface area contributed by atoms with E-state index in [4.69, 9.17) is 4.74 Å². The number of ketones is 1. The summed E-state index contributed by atoms with van der Waals surface area (Å²) < 4.78 is 5.18. The second-order valence-electron chi connectivity index (χ2n) is 7.08. The molecule has 2 aliphatic carbocycles. The van der Waals surface area contributed by atoms with Gasteiger partial charge in [0.2, 0.25) is 0 Å². The zero-order chi connectivity index (χ0) is 17.3. The molecule has 24 heavy (non-hydrogen) atoms. The number of aromatic nitrogens is 2. The van der Waals surface area contributed by atoms with E-state index in [0.717, 1.165) is 37.1 Å². The maximum atomic E-state index is 12.0. The highest BCUT2D eigenvalue weighted by molar-refractivity contribution is 5.79. The molecule has 1 unspecified atom stereocenters. The van der Waals surface area contributed by atoms with Crippen LogP contribution in [0, 0.1) is 17.8 Å². The lowest BCUT2D eigenvalue weighted by Crippen LogP contribution is -2.26. The number of rotatable bonds is 4. The van der Waals surface area contributed by atoms with Gasteiger partial charge in [-0.15, -0.1) is 0 Å². The maximum absolute atomic E-state index is 12.0. The highest BCUT2D eigenvalue weighted by Gasteiger charge is 2.32. The Morgan fingerprint density at radius 1 is 1.38 bits per heavy atom. The number of Topliss-reactive ketones (excluding diaryl/α,β-unsaturated/α-hetero) is 1. The first-order valence-corrected chi connectivity index (χ1v) is 8.93. The first kappa shape index (κ1) is 16.9. The molecule has 3 atom stereocenters. The van der Waals surface area contributed by atoms with Gasteiger partial charge in [-0.3, -0.25) is 14.7 Å². The van der Waals surface area contributed by atoms with Gasteiger partial charge in [0.15, 0.2) is 0 Å². The topological polar surface area (TPSA) is 72.0 Å². The Morgan fingerprint density at radius 3 is 2.83 bits per heavy atom. The van der Waals surface area contributed by atoms with Gasteiger partial charge in [-0.05, 0) is 57.4 Å². The van der Waals surface area contributed by atoms with Crippen molar-refractivity contribution in [3.63, 3.8) is 0 Å². The summed E-state index contributed by atoms with van der Waals surface area (Å²) in [6.07, 6.45) is 6.28. The van der Waals surface area contributed by atoms with Crippen molar-refractivity contribution in [2.24, 2.45) is 17.8 Å². The van der Waals surface area contributed by atoms with Crippen LogP contribution in [0.15, 0.2) is 6.08 Å². The van der Waals surface area contributed by atoms with E-state index in [-0.39, 0.29) is 29.5 Å². The molecule has 0 aromatic carbocycles. The number of esters is 1. The molecule has 0 amide bonds. The number of ether oxygens (including phenoxy) is 1. The fourth-order valence-corrected chi connectivity index (χ4v) is 3.96. The van der Waals surface area contributed by atoms with Crippen LogP contribution in [0.4, 0.5) is 0 Å². The highest BCUT2D eigenvalue weighted by Crippen LogP contribution is 2.38. The van der Waals surface area contributed by atoms with Crippen molar-refractivity contribution in [2.45, 2.75) is 52.9 Å². The van der Waals surface area contributed by atoms with Crippen LogP contribution in [0.3, 0.4) is 0 Å². The molecule has 0 saturated carbocycles. The van der Waals surface area contributed by atoms with Crippen LogP contribution in [0.25, 0.3) is 5.57 Å². The Labute approximate surface area is 142 Å². The number of H-pyrrole nitrogens is 1. The van der Waals surface area contributed by atoms with Gasteiger partial charge >= 0.3 is 5.97 Å². The number of hydrogen-bond donors (Lipinski definition) is 1. The van der Waals surface area contributed by atoms with Crippen molar-refractivity contribution in [1.29, 1.82) is 0 Å². The highest BCUT2D eigenvalue weighted by atomic mass is 16.5. The minimum atomic E-state index is -0.0892. The molecular weight excluding hydrogens is 304 g/mol. The number of fused-ring (bicyclic) bond motifs is 1. The molecule has 0 aliphatic heterocycles. The fourth-order valence-electron chi connectivity index (χ4n) is 3.96. The summed E-state index contributed by atoms with van der Waals surface area (Å²) in [7, 11) is 0. The molecule has 5 heteroatoms. The molecule has 130 valence electrons. The van der Waals surface area contributed by atoms with E-state index in [9.17, 15) is 9.59 Å². The number of carbonyl (C=O) groups excluding carboxylic acids is 2. The van der Waals surface area contributed by atoms with Crippen molar-refractivity contribution < 1.29 is 14.3 Å². The van der Waals surface area contributed by atoms with Gasteiger partial charge in [0.1, 0.15) is 5.78 Å². The Hall–Kier alpha value is -1.91. The van der Waals surface area contributed by atoms with E-state index in [2.05, 4.69) is 23.2 Å². The van der Waals surface area contributed by atoms with E-state index < -0.39 is 0 Å². The number of carbonyl (C=O) groups is 2. The van der Waals surface area contributed by atoms with Crippen LogP contribution in [0.2, 0.25) is 0 Å².